The summed E-state index contributed by atoms with van der Waals surface area (Å²) in [5, 5.41) is 17.2. The van der Waals surface area contributed by atoms with E-state index in [1.165, 1.54) is 7.11 Å². The molecule has 1 aliphatic rings. The Bertz CT molecular complexity index is 1220. The second-order valence-electron chi connectivity index (χ2n) is 6.93. The third kappa shape index (κ3) is 3.32. The Labute approximate surface area is 184 Å². The fourth-order valence-corrected chi connectivity index (χ4v) is 3.84. The van der Waals surface area contributed by atoms with Crippen LogP contribution < -0.4 is 29.4 Å². The van der Waals surface area contributed by atoms with Crippen LogP contribution in [0.4, 0.5) is 0 Å². The molecule has 2 aromatic carbocycles. The van der Waals surface area contributed by atoms with Crippen molar-refractivity contribution in [2.45, 2.75) is 5.92 Å². The number of allylic oxidation sites excluding steroid dienone is 1. The van der Waals surface area contributed by atoms with Crippen LogP contribution in [-0.2, 0) is 0 Å². The summed E-state index contributed by atoms with van der Waals surface area (Å²) < 4.78 is 27.5. The van der Waals surface area contributed by atoms with Crippen LogP contribution in [0.3, 0.4) is 0 Å². The van der Waals surface area contributed by atoms with Crippen LogP contribution >= 0.6 is 0 Å². The largest absolute Gasteiger partial charge is 0.497 e. The molecule has 9 heteroatoms. The Balaban J connectivity index is 1.96. The average Bonchev–Trinajstić information content (AvgIpc) is 3.25. The lowest BCUT2D eigenvalue weighted by Gasteiger charge is -2.24. The second kappa shape index (κ2) is 8.43. The van der Waals surface area contributed by atoms with E-state index < -0.39 is 5.92 Å². The van der Waals surface area contributed by atoms with Gasteiger partial charge in [-0.15, -0.1) is 5.10 Å². The van der Waals surface area contributed by atoms with E-state index in [-0.39, 0.29) is 17.3 Å². The van der Waals surface area contributed by atoms with E-state index in [1.807, 2.05) is 24.3 Å². The molecule has 0 unspecified atom stereocenters. The molecule has 3 aromatic rings. The normalized spacial score (nSPS) is 14.8. The van der Waals surface area contributed by atoms with Gasteiger partial charge in [-0.05, 0) is 29.8 Å². The lowest BCUT2D eigenvalue weighted by Crippen LogP contribution is -2.21. The Hall–Kier alpha value is -4.32. The highest BCUT2D eigenvalue weighted by Gasteiger charge is 2.36. The number of aromatic amines is 1. The molecule has 32 heavy (non-hydrogen) atoms. The van der Waals surface area contributed by atoms with Crippen molar-refractivity contribution in [2.24, 2.45) is 5.73 Å². The minimum atomic E-state index is -0.522. The quantitative estimate of drug-likeness (QED) is 0.605. The molecule has 1 atom stereocenters. The number of nitriles is 1. The predicted octanol–water partition coefficient (Wildman–Crippen LogP) is 3.33. The van der Waals surface area contributed by atoms with E-state index in [9.17, 15) is 5.26 Å². The van der Waals surface area contributed by atoms with Crippen molar-refractivity contribution in [3.8, 4) is 46.2 Å². The first-order chi connectivity index (χ1) is 15.6. The number of methoxy groups -OCH3 is 4. The minimum Gasteiger partial charge on any atom is -0.497 e. The van der Waals surface area contributed by atoms with Gasteiger partial charge in [-0.1, -0.05) is 12.1 Å². The molecular formula is C23H22N4O5. The highest BCUT2D eigenvalue weighted by molar-refractivity contribution is 5.75. The van der Waals surface area contributed by atoms with Crippen LogP contribution in [0, 0.1) is 11.3 Å². The van der Waals surface area contributed by atoms with Crippen molar-refractivity contribution in [2.75, 3.05) is 28.4 Å². The van der Waals surface area contributed by atoms with Crippen LogP contribution in [-0.4, -0.2) is 38.6 Å². The third-order valence-corrected chi connectivity index (χ3v) is 5.32. The zero-order valence-electron chi connectivity index (χ0n) is 18.1. The molecule has 164 valence electrons. The number of rotatable bonds is 6. The third-order valence-electron chi connectivity index (χ3n) is 5.32. The second-order valence-corrected chi connectivity index (χ2v) is 6.93. The van der Waals surface area contributed by atoms with Gasteiger partial charge in [0.05, 0.1) is 45.6 Å². The summed E-state index contributed by atoms with van der Waals surface area (Å²) in [4.78, 5) is 0. The summed E-state index contributed by atoms with van der Waals surface area (Å²) in [5.74, 6) is 1.87. The first-order valence-corrected chi connectivity index (χ1v) is 9.66. The number of hydrogen-bond acceptors (Lipinski definition) is 8. The summed E-state index contributed by atoms with van der Waals surface area (Å²) in [7, 11) is 6.21. The van der Waals surface area contributed by atoms with Crippen molar-refractivity contribution in [3.63, 3.8) is 0 Å². The number of ether oxygens (including phenoxy) is 5. The van der Waals surface area contributed by atoms with Gasteiger partial charge >= 0.3 is 0 Å². The number of nitrogens with zero attached hydrogens (tertiary/aromatic N) is 2. The van der Waals surface area contributed by atoms with Gasteiger partial charge in [0, 0.05) is 5.56 Å². The van der Waals surface area contributed by atoms with Crippen LogP contribution in [0.1, 0.15) is 17.0 Å². The lowest BCUT2D eigenvalue weighted by atomic mass is 9.83. The van der Waals surface area contributed by atoms with Gasteiger partial charge in [0.2, 0.25) is 17.5 Å². The first kappa shape index (κ1) is 20.9. The van der Waals surface area contributed by atoms with E-state index in [4.69, 9.17) is 29.4 Å². The number of nitrogens with one attached hydrogen (secondary N) is 1. The van der Waals surface area contributed by atoms with Gasteiger partial charge in [-0.3, -0.25) is 5.10 Å². The maximum Gasteiger partial charge on any atom is 0.244 e. The minimum absolute atomic E-state index is 0.00996. The van der Waals surface area contributed by atoms with Gasteiger partial charge < -0.3 is 29.4 Å². The molecule has 0 aliphatic carbocycles. The maximum atomic E-state index is 9.89. The van der Waals surface area contributed by atoms with Crippen LogP contribution in [0.5, 0.6) is 28.9 Å². The number of nitrogens with two attached hydrogens (primary N) is 1. The van der Waals surface area contributed by atoms with Crippen molar-refractivity contribution < 1.29 is 23.7 Å². The Morgan fingerprint density at radius 2 is 1.75 bits per heavy atom. The fourth-order valence-electron chi connectivity index (χ4n) is 3.84. The lowest BCUT2D eigenvalue weighted by molar-refractivity contribution is 0.324. The summed E-state index contributed by atoms with van der Waals surface area (Å²) in [6, 6.07) is 13.2. The molecular weight excluding hydrogens is 412 g/mol. The summed E-state index contributed by atoms with van der Waals surface area (Å²) in [5.41, 5.74) is 9.17. The SMILES string of the molecule is COc1cccc([C@H]2C(C#N)=C(N)Oc3n[nH]c(-c4cc(OC)c(OC)c(OC)c4)c32)c1. The van der Waals surface area contributed by atoms with Crippen molar-refractivity contribution >= 4 is 0 Å². The number of aromatic nitrogens is 2. The van der Waals surface area contributed by atoms with Crippen molar-refractivity contribution in [1.82, 2.24) is 10.2 Å². The van der Waals surface area contributed by atoms with Crippen molar-refractivity contribution in [3.05, 3.63) is 59.0 Å². The van der Waals surface area contributed by atoms with E-state index in [2.05, 4.69) is 16.3 Å². The summed E-state index contributed by atoms with van der Waals surface area (Å²) in [6.45, 7) is 0. The fraction of sp³-hybridized carbons (Fsp3) is 0.217. The van der Waals surface area contributed by atoms with Crippen LogP contribution in [0.2, 0.25) is 0 Å². The van der Waals surface area contributed by atoms with Gasteiger partial charge in [0.1, 0.15) is 17.4 Å². The van der Waals surface area contributed by atoms with E-state index in [1.54, 1.807) is 33.5 Å². The number of hydrogen-bond donors (Lipinski definition) is 2. The molecule has 0 amide bonds. The molecule has 0 spiro atoms. The Morgan fingerprint density at radius 3 is 2.34 bits per heavy atom. The highest BCUT2D eigenvalue weighted by Crippen LogP contribution is 2.48. The Kier molecular flexibility index (Phi) is 5.52. The monoisotopic (exact) mass is 434 g/mol. The molecule has 0 bridgehead atoms. The molecule has 2 heterocycles. The van der Waals surface area contributed by atoms with Gasteiger partial charge in [-0.2, -0.15) is 5.26 Å². The topological polar surface area (TPSA) is 125 Å². The zero-order chi connectivity index (χ0) is 22.8. The molecule has 3 N–H and O–H groups in total. The van der Waals surface area contributed by atoms with Crippen LogP contribution in [0.15, 0.2) is 47.9 Å². The van der Waals surface area contributed by atoms with E-state index in [0.29, 0.717) is 39.8 Å². The number of H-pyrrole nitrogens is 1. The van der Waals surface area contributed by atoms with Crippen molar-refractivity contribution in [1.29, 1.82) is 5.26 Å². The highest BCUT2D eigenvalue weighted by atomic mass is 16.5. The summed E-state index contributed by atoms with van der Waals surface area (Å²) >= 11 is 0. The molecule has 0 radical (unpaired) electrons. The molecule has 0 saturated heterocycles. The van der Waals surface area contributed by atoms with Gasteiger partial charge in [0.25, 0.3) is 0 Å². The summed E-state index contributed by atoms with van der Waals surface area (Å²) in [6.07, 6.45) is 0. The number of benzene rings is 2. The molecule has 4 rings (SSSR count). The molecule has 1 aliphatic heterocycles. The van der Waals surface area contributed by atoms with Crippen LogP contribution in [0.25, 0.3) is 11.3 Å². The van der Waals surface area contributed by atoms with E-state index >= 15 is 0 Å². The first-order valence-electron chi connectivity index (χ1n) is 9.66. The molecule has 1 aromatic heterocycles. The maximum absolute atomic E-state index is 9.89. The molecule has 0 saturated carbocycles. The Morgan fingerprint density at radius 1 is 1.03 bits per heavy atom. The number of fused-ring (bicyclic) bond motifs is 1. The smallest absolute Gasteiger partial charge is 0.244 e. The molecule has 0 fully saturated rings. The zero-order valence-corrected chi connectivity index (χ0v) is 18.1. The molecule has 9 nitrogen and oxygen atoms in total. The predicted molar refractivity (Wildman–Crippen MR) is 116 cm³/mol. The van der Waals surface area contributed by atoms with Gasteiger partial charge in [0.15, 0.2) is 11.5 Å². The van der Waals surface area contributed by atoms with Gasteiger partial charge in [-0.25, -0.2) is 0 Å². The standard InChI is InChI=1S/C23H22N4O5/c1-28-14-7-5-6-12(8-14)18-15(11-24)22(25)32-23-19(18)20(26-27-23)13-9-16(29-2)21(31-4)17(10-13)30-3/h5-10,18H,25H2,1-4H3,(H,26,27)/t18-/m0/s1. The average molecular weight is 434 g/mol. The van der Waals surface area contributed by atoms with E-state index in [0.717, 1.165) is 5.56 Å².